The lowest BCUT2D eigenvalue weighted by molar-refractivity contribution is -0.385. The number of methoxy groups -OCH3 is 1. The molecule has 0 saturated heterocycles. The molecule has 1 N–H and O–H groups in total. The van der Waals surface area contributed by atoms with Crippen molar-refractivity contribution < 1.29 is 24.0 Å². The van der Waals surface area contributed by atoms with E-state index in [1.165, 1.54) is 30.2 Å². The van der Waals surface area contributed by atoms with Gasteiger partial charge >= 0.3 is 5.69 Å². The minimum atomic E-state index is -0.649. The van der Waals surface area contributed by atoms with Gasteiger partial charge in [0.05, 0.1) is 12.0 Å². The summed E-state index contributed by atoms with van der Waals surface area (Å²) in [6, 6.07) is 12.8. The molecule has 1 atom stereocenters. The maximum absolute atomic E-state index is 13.1. The van der Waals surface area contributed by atoms with Crippen LogP contribution in [0.3, 0.4) is 0 Å². The number of nitro groups is 1. The van der Waals surface area contributed by atoms with Gasteiger partial charge in [0.15, 0.2) is 6.61 Å². The zero-order valence-corrected chi connectivity index (χ0v) is 18.6. The number of hydrogen-bond acceptors (Lipinski definition) is 6. The van der Waals surface area contributed by atoms with Gasteiger partial charge in [-0.2, -0.15) is 0 Å². The number of hydrogen-bond donors (Lipinski definition) is 1. The van der Waals surface area contributed by atoms with Gasteiger partial charge in [-0.3, -0.25) is 19.7 Å². The van der Waals surface area contributed by atoms with Crippen LogP contribution in [0.2, 0.25) is 0 Å². The Morgan fingerprint density at radius 1 is 1.16 bits per heavy atom. The van der Waals surface area contributed by atoms with Crippen LogP contribution in [0, 0.1) is 10.1 Å². The first-order chi connectivity index (χ1) is 15.4. The van der Waals surface area contributed by atoms with Crippen molar-refractivity contribution in [3.05, 3.63) is 64.2 Å². The first-order valence-electron chi connectivity index (χ1n) is 10.5. The number of carbonyl (C=O) groups excluding carboxylic acids is 2. The molecule has 9 heteroatoms. The van der Waals surface area contributed by atoms with E-state index in [9.17, 15) is 19.7 Å². The van der Waals surface area contributed by atoms with Crippen LogP contribution in [0.4, 0.5) is 5.69 Å². The van der Waals surface area contributed by atoms with Gasteiger partial charge in [-0.15, -0.1) is 0 Å². The number of nitro benzene ring substituents is 1. The lowest BCUT2D eigenvalue weighted by Gasteiger charge is -2.30. The molecule has 0 aliphatic carbocycles. The highest BCUT2D eigenvalue weighted by molar-refractivity contribution is 5.88. The van der Waals surface area contributed by atoms with Gasteiger partial charge < -0.3 is 19.7 Å². The highest BCUT2D eigenvalue weighted by Crippen LogP contribution is 2.30. The molecule has 0 radical (unpaired) electrons. The van der Waals surface area contributed by atoms with Crippen molar-refractivity contribution in [2.24, 2.45) is 0 Å². The molecule has 2 aromatic rings. The van der Waals surface area contributed by atoms with Crippen molar-refractivity contribution in [2.45, 2.75) is 39.3 Å². The first-order valence-corrected chi connectivity index (χ1v) is 10.5. The zero-order chi connectivity index (χ0) is 23.5. The number of nitrogens with one attached hydrogen (secondary N) is 1. The number of ether oxygens (including phenoxy) is 2. The van der Waals surface area contributed by atoms with Crippen molar-refractivity contribution in [3.8, 4) is 11.5 Å². The molecular weight excluding hydrogens is 414 g/mol. The Labute approximate surface area is 187 Å². The second kappa shape index (κ2) is 12.3. The molecular formula is C23H29N3O6. The monoisotopic (exact) mass is 443 g/mol. The Hall–Kier alpha value is -3.62. The second-order valence-electron chi connectivity index (χ2n) is 7.10. The molecule has 9 nitrogen and oxygen atoms in total. The summed E-state index contributed by atoms with van der Waals surface area (Å²) in [7, 11) is 1.32. The Morgan fingerprint density at radius 2 is 1.88 bits per heavy atom. The summed E-state index contributed by atoms with van der Waals surface area (Å²) in [4.78, 5) is 37.8. The van der Waals surface area contributed by atoms with Crippen LogP contribution in [-0.4, -0.2) is 47.9 Å². The Morgan fingerprint density at radius 3 is 2.47 bits per heavy atom. The third-order valence-corrected chi connectivity index (χ3v) is 4.84. The highest BCUT2D eigenvalue weighted by atomic mass is 16.6. The zero-order valence-electron chi connectivity index (χ0n) is 18.6. The van der Waals surface area contributed by atoms with E-state index in [4.69, 9.17) is 9.47 Å². The largest absolute Gasteiger partial charge is 0.490 e. The fraction of sp³-hybridized carbons (Fsp3) is 0.391. The lowest BCUT2D eigenvalue weighted by atomic mass is 10.1. The first kappa shape index (κ1) is 24.6. The highest BCUT2D eigenvalue weighted by Gasteiger charge is 2.29. The summed E-state index contributed by atoms with van der Waals surface area (Å²) in [5.41, 5.74) is 0.690. The van der Waals surface area contributed by atoms with Crippen LogP contribution < -0.4 is 14.8 Å². The maximum Gasteiger partial charge on any atom is 0.311 e. The van der Waals surface area contributed by atoms with Crippen LogP contribution in [0.1, 0.15) is 32.3 Å². The standard InChI is InChI=1S/C23H29N3O6/c1-4-13-24-23(28)19(5-2)25(15-17-9-7-6-8-10-17)22(27)16-32-18-11-12-20(26(29)30)21(14-18)31-3/h6-12,14,19H,4-5,13,15-16H2,1-3H3,(H,24,28). The van der Waals surface area contributed by atoms with E-state index >= 15 is 0 Å². The predicted molar refractivity (Wildman–Crippen MR) is 120 cm³/mol. The van der Waals surface area contributed by atoms with E-state index in [0.717, 1.165) is 12.0 Å². The summed E-state index contributed by atoms with van der Waals surface area (Å²) in [5, 5.41) is 13.9. The van der Waals surface area contributed by atoms with Gasteiger partial charge in [0.1, 0.15) is 11.8 Å². The van der Waals surface area contributed by atoms with Gasteiger partial charge in [0, 0.05) is 25.2 Å². The molecule has 0 fully saturated rings. The van der Waals surface area contributed by atoms with Crippen molar-refractivity contribution >= 4 is 17.5 Å². The normalized spacial score (nSPS) is 11.3. The molecule has 0 saturated carbocycles. The molecule has 0 bridgehead atoms. The number of nitrogens with zero attached hydrogens (tertiary/aromatic N) is 2. The molecule has 1 unspecified atom stereocenters. The lowest BCUT2D eigenvalue weighted by Crippen LogP contribution is -2.50. The molecule has 2 amide bonds. The Bertz CT molecular complexity index is 919. The van der Waals surface area contributed by atoms with E-state index in [0.29, 0.717) is 13.0 Å². The summed E-state index contributed by atoms with van der Waals surface area (Å²) in [6.45, 7) is 4.27. The molecule has 2 aromatic carbocycles. The molecule has 0 aliphatic heterocycles. The second-order valence-corrected chi connectivity index (χ2v) is 7.10. The summed E-state index contributed by atoms with van der Waals surface area (Å²) >= 11 is 0. The van der Waals surface area contributed by atoms with Gasteiger partial charge in [0.25, 0.3) is 5.91 Å². The Kier molecular flexibility index (Phi) is 9.46. The minimum Gasteiger partial charge on any atom is -0.490 e. The molecule has 0 heterocycles. The third-order valence-electron chi connectivity index (χ3n) is 4.84. The summed E-state index contributed by atoms with van der Waals surface area (Å²) < 4.78 is 10.6. The van der Waals surface area contributed by atoms with Gasteiger partial charge in [0.2, 0.25) is 11.7 Å². The fourth-order valence-corrected chi connectivity index (χ4v) is 3.19. The molecule has 0 aromatic heterocycles. The molecule has 2 rings (SSSR count). The van der Waals surface area contributed by atoms with E-state index in [1.807, 2.05) is 44.2 Å². The van der Waals surface area contributed by atoms with Gasteiger partial charge in [-0.1, -0.05) is 44.2 Å². The van der Waals surface area contributed by atoms with E-state index in [1.54, 1.807) is 0 Å². The smallest absolute Gasteiger partial charge is 0.311 e. The van der Waals surface area contributed by atoms with E-state index < -0.39 is 11.0 Å². The summed E-state index contributed by atoms with van der Waals surface area (Å²) in [6.07, 6.45) is 1.24. The van der Waals surface area contributed by atoms with Crippen LogP contribution >= 0.6 is 0 Å². The molecule has 0 spiro atoms. The minimum absolute atomic E-state index is 0.0338. The molecule has 32 heavy (non-hydrogen) atoms. The van der Waals surface area contributed by atoms with E-state index in [-0.39, 0.29) is 42.2 Å². The average Bonchev–Trinajstić information content (AvgIpc) is 2.81. The SMILES string of the molecule is CCCNC(=O)C(CC)N(Cc1ccccc1)C(=O)COc1ccc([N+](=O)[O-])c(OC)c1. The van der Waals surface area contributed by atoms with E-state index in [2.05, 4.69) is 5.32 Å². The van der Waals surface area contributed by atoms with Gasteiger partial charge in [-0.05, 0) is 24.5 Å². The van der Waals surface area contributed by atoms with Crippen molar-refractivity contribution in [1.82, 2.24) is 10.2 Å². The predicted octanol–water partition coefficient (Wildman–Crippen LogP) is 3.32. The topological polar surface area (TPSA) is 111 Å². The quantitative estimate of drug-likeness (QED) is 0.398. The summed E-state index contributed by atoms with van der Waals surface area (Å²) in [5.74, 6) is -0.296. The number of carbonyl (C=O) groups is 2. The Balaban J connectivity index is 2.20. The maximum atomic E-state index is 13.1. The fourth-order valence-electron chi connectivity index (χ4n) is 3.19. The molecule has 172 valence electrons. The van der Waals surface area contributed by atoms with Gasteiger partial charge in [-0.25, -0.2) is 0 Å². The van der Waals surface area contributed by atoms with Crippen LogP contribution in [0.25, 0.3) is 0 Å². The third kappa shape index (κ3) is 6.69. The van der Waals surface area contributed by atoms with Crippen molar-refractivity contribution in [1.29, 1.82) is 0 Å². The van der Waals surface area contributed by atoms with Crippen LogP contribution in [0.5, 0.6) is 11.5 Å². The van der Waals surface area contributed by atoms with Crippen LogP contribution in [0.15, 0.2) is 48.5 Å². The van der Waals surface area contributed by atoms with Crippen molar-refractivity contribution in [2.75, 3.05) is 20.3 Å². The number of benzene rings is 2. The average molecular weight is 444 g/mol. The molecule has 0 aliphatic rings. The number of amides is 2. The van der Waals surface area contributed by atoms with Crippen LogP contribution in [-0.2, 0) is 16.1 Å². The number of rotatable bonds is 12. The van der Waals surface area contributed by atoms with Crippen molar-refractivity contribution in [3.63, 3.8) is 0 Å².